The van der Waals surface area contributed by atoms with Gasteiger partial charge in [0.2, 0.25) is 0 Å². The molecule has 0 bridgehead atoms. The van der Waals surface area contributed by atoms with Crippen molar-refractivity contribution in [2.75, 3.05) is 19.8 Å². The average molecular weight is 225 g/mol. The van der Waals surface area contributed by atoms with Crippen molar-refractivity contribution in [3.63, 3.8) is 0 Å². The number of hydrogen-bond donors (Lipinski definition) is 1. The van der Waals surface area contributed by atoms with Crippen molar-refractivity contribution in [2.45, 2.75) is 39.2 Å². The molecule has 0 fully saturated rings. The highest BCUT2D eigenvalue weighted by atomic mass is 16.5. The molecule has 3 heteroatoms. The Hall–Kier alpha value is -0.800. The molecule has 1 aromatic heterocycles. The summed E-state index contributed by atoms with van der Waals surface area (Å²) in [7, 11) is 0. The van der Waals surface area contributed by atoms with Gasteiger partial charge in [-0.25, -0.2) is 0 Å². The number of hydrogen-bond acceptors (Lipinski definition) is 3. The summed E-state index contributed by atoms with van der Waals surface area (Å²) in [6, 6.07) is 4.16. The van der Waals surface area contributed by atoms with Gasteiger partial charge >= 0.3 is 0 Å². The minimum absolute atomic E-state index is 0.259. The molecule has 1 rings (SSSR count). The molecule has 1 N–H and O–H groups in total. The molecule has 0 aliphatic carbocycles. The molecule has 0 aromatic carbocycles. The molecule has 0 radical (unpaired) electrons. The molecule has 1 heterocycles. The first-order valence-corrected chi connectivity index (χ1v) is 6.19. The lowest BCUT2D eigenvalue weighted by Crippen LogP contribution is -2.23. The first-order chi connectivity index (χ1) is 7.84. The van der Waals surface area contributed by atoms with E-state index >= 15 is 0 Å². The molecule has 1 unspecified atom stereocenters. The maximum absolute atomic E-state index is 5.51. The number of furan rings is 1. The van der Waals surface area contributed by atoms with Crippen molar-refractivity contribution >= 4 is 0 Å². The van der Waals surface area contributed by atoms with Crippen molar-refractivity contribution in [3.05, 3.63) is 24.2 Å². The van der Waals surface area contributed by atoms with Gasteiger partial charge in [-0.15, -0.1) is 0 Å². The monoisotopic (exact) mass is 225 g/mol. The van der Waals surface area contributed by atoms with E-state index in [9.17, 15) is 0 Å². The Kier molecular flexibility index (Phi) is 6.93. The molecular formula is C13H23NO2. The third kappa shape index (κ3) is 5.33. The zero-order chi connectivity index (χ0) is 11.6. The van der Waals surface area contributed by atoms with Crippen LogP contribution >= 0.6 is 0 Å². The summed E-state index contributed by atoms with van der Waals surface area (Å²) in [5.74, 6) is 0.978. The first-order valence-electron chi connectivity index (χ1n) is 6.19. The fourth-order valence-electron chi connectivity index (χ4n) is 1.54. The zero-order valence-electron chi connectivity index (χ0n) is 10.4. The minimum atomic E-state index is 0.259. The molecule has 3 nitrogen and oxygen atoms in total. The molecule has 0 aliphatic heterocycles. The summed E-state index contributed by atoms with van der Waals surface area (Å²) >= 11 is 0. The fourth-order valence-corrected chi connectivity index (χ4v) is 1.54. The van der Waals surface area contributed by atoms with Gasteiger partial charge in [0, 0.05) is 13.2 Å². The Balaban J connectivity index is 1.95. The van der Waals surface area contributed by atoms with Crippen LogP contribution in [-0.4, -0.2) is 19.8 Å². The van der Waals surface area contributed by atoms with Crippen LogP contribution in [0, 0.1) is 0 Å². The lowest BCUT2D eigenvalue weighted by atomic mass is 10.2. The summed E-state index contributed by atoms with van der Waals surface area (Å²) in [4.78, 5) is 0. The van der Waals surface area contributed by atoms with E-state index in [1.807, 2.05) is 12.1 Å². The Morgan fingerprint density at radius 2 is 2.25 bits per heavy atom. The van der Waals surface area contributed by atoms with Gasteiger partial charge in [0.05, 0.1) is 18.9 Å². The lowest BCUT2D eigenvalue weighted by molar-refractivity contribution is 0.129. The maximum Gasteiger partial charge on any atom is 0.120 e. The highest BCUT2D eigenvalue weighted by molar-refractivity contribution is 5.02. The minimum Gasteiger partial charge on any atom is -0.468 e. The third-order valence-corrected chi connectivity index (χ3v) is 2.56. The molecular weight excluding hydrogens is 202 g/mol. The van der Waals surface area contributed by atoms with Crippen molar-refractivity contribution in [3.8, 4) is 0 Å². The van der Waals surface area contributed by atoms with Crippen molar-refractivity contribution < 1.29 is 9.15 Å². The molecule has 0 saturated carbocycles. The van der Waals surface area contributed by atoms with Crippen LogP contribution in [0.25, 0.3) is 0 Å². The smallest absolute Gasteiger partial charge is 0.120 e. The summed E-state index contributed by atoms with van der Waals surface area (Å²) in [5.41, 5.74) is 0. The van der Waals surface area contributed by atoms with Gasteiger partial charge < -0.3 is 14.5 Å². The number of rotatable bonds is 9. The molecule has 1 atom stereocenters. The highest BCUT2D eigenvalue weighted by Crippen LogP contribution is 2.11. The van der Waals surface area contributed by atoms with Crippen LogP contribution in [0.15, 0.2) is 22.8 Å². The summed E-state index contributed by atoms with van der Waals surface area (Å²) in [5, 5.41) is 3.36. The Labute approximate surface area is 98.2 Å². The number of ether oxygens (including phenoxy) is 1. The predicted molar refractivity (Wildman–Crippen MR) is 65.5 cm³/mol. The molecule has 0 aliphatic rings. The van der Waals surface area contributed by atoms with Gasteiger partial charge in [-0.3, -0.25) is 0 Å². The van der Waals surface area contributed by atoms with Crippen LogP contribution in [0.2, 0.25) is 0 Å². The molecule has 0 spiro atoms. The van der Waals surface area contributed by atoms with Gasteiger partial charge in [0.15, 0.2) is 0 Å². The van der Waals surface area contributed by atoms with Crippen molar-refractivity contribution in [2.24, 2.45) is 0 Å². The summed E-state index contributed by atoms with van der Waals surface area (Å²) in [6.45, 7) is 6.82. The average Bonchev–Trinajstić information content (AvgIpc) is 2.81. The van der Waals surface area contributed by atoms with Crippen LogP contribution in [-0.2, 0) is 4.74 Å². The predicted octanol–water partition coefficient (Wildman–Crippen LogP) is 3.14. The fraction of sp³-hybridized carbons (Fsp3) is 0.692. The Morgan fingerprint density at radius 3 is 2.94 bits per heavy atom. The molecule has 0 saturated heterocycles. The van der Waals surface area contributed by atoms with Crippen LogP contribution in [0.4, 0.5) is 0 Å². The van der Waals surface area contributed by atoms with Gasteiger partial charge in [0.25, 0.3) is 0 Å². The Morgan fingerprint density at radius 1 is 1.38 bits per heavy atom. The quantitative estimate of drug-likeness (QED) is 0.656. The third-order valence-electron chi connectivity index (χ3n) is 2.56. The number of nitrogens with one attached hydrogen (secondary N) is 1. The summed E-state index contributed by atoms with van der Waals surface area (Å²) in [6.07, 6.45) is 5.38. The van der Waals surface area contributed by atoms with E-state index in [-0.39, 0.29) is 6.04 Å². The van der Waals surface area contributed by atoms with E-state index in [2.05, 4.69) is 19.2 Å². The van der Waals surface area contributed by atoms with Crippen molar-refractivity contribution in [1.82, 2.24) is 5.32 Å². The van der Waals surface area contributed by atoms with E-state index in [0.29, 0.717) is 0 Å². The second kappa shape index (κ2) is 8.36. The second-order valence-corrected chi connectivity index (χ2v) is 4.01. The van der Waals surface area contributed by atoms with Crippen LogP contribution in [0.5, 0.6) is 0 Å². The Bertz CT molecular complexity index is 246. The van der Waals surface area contributed by atoms with Gasteiger partial charge in [-0.1, -0.05) is 19.8 Å². The molecule has 0 amide bonds. The van der Waals surface area contributed by atoms with E-state index in [4.69, 9.17) is 9.15 Å². The SMILES string of the molecule is CCCCCOCCNC(C)c1ccco1. The second-order valence-electron chi connectivity index (χ2n) is 4.01. The first kappa shape index (κ1) is 13.3. The van der Waals surface area contributed by atoms with Crippen LogP contribution in [0.3, 0.4) is 0 Å². The molecule has 92 valence electrons. The highest BCUT2D eigenvalue weighted by Gasteiger charge is 2.05. The molecule has 16 heavy (non-hydrogen) atoms. The topological polar surface area (TPSA) is 34.4 Å². The van der Waals surface area contributed by atoms with Gasteiger partial charge in [-0.2, -0.15) is 0 Å². The number of unbranched alkanes of at least 4 members (excludes halogenated alkanes) is 2. The van der Waals surface area contributed by atoms with Gasteiger partial charge in [-0.05, 0) is 25.5 Å². The van der Waals surface area contributed by atoms with E-state index in [0.717, 1.165) is 25.5 Å². The lowest BCUT2D eigenvalue weighted by Gasteiger charge is -2.11. The van der Waals surface area contributed by atoms with Gasteiger partial charge in [0.1, 0.15) is 5.76 Å². The van der Waals surface area contributed by atoms with Crippen LogP contribution < -0.4 is 5.32 Å². The van der Waals surface area contributed by atoms with Crippen molar-refractivity contribution in [1.29, 1.82) is 0 Å². The maximum atomic E-state index is 5.51. The zero-order valence-corrected chi connectivity index (χ0v) is 10.4. The largest absolute Gasteiger partial charge is 0.468 e. The summed E-state index contributed by atoms with van der Waals surface area (Å²) < 4.78 is 10.8. The van der Waals surface area contributed by atoms with E-state index in [1.54, 1.807) is 6.26 Å². The van der Waals surface area contributed by atoms with E-state index < -0.39 is 0 Å². The molecule has 1 aromatic rings. The van der Waals surface area contributed by atoms with Crippen LogP contribution in [0.1, 0.15) is 44.9 Å². The normalized spacial score (nSPS) is 12.9. The standard InChI is InChI=1S/C13H23NO2/c1-3-4-5-9-15-11-8-14-12(2)13-7-6-10-16-13/h6-7,10,12,14H,3-5,8-9,11H2,1-2H3. The van der Waals surface area contributed by atoms with E-state index in [1.165, 1.54) is 19.3 Å².